The lowest BCUT2D eigenvalue weighted by Crippen LogP contribution is -2.29. The summed E-state index contributed by atoms with van der Waals surface area (Å²) >= 11 is 0. The van der Waals surface area contributed by atoms with E-state index in [9.17, 15) is 14.7 Å². The molecule has 0 bridgehead atoms. The van der Waals surface area contributed by atoms with E-state index in [0.29, 0.717) is 22.6 Å². The maximum absolute atomic E-state index is 13.4. The van der Waals surface area contributed by atoms with Gasteiger partial charge in [-0.05, 0) is 48.4 Å². The average molecular weight is 481 g/mol. The summed E-state index contributed by atoms with van der Waals surface area (Å²) in [6, 6.07) is 19.4. The number of Topliss-reactive ketones (excluding diaryl/α,β-unsaturated/α-hetero) is 1. The number of amides is 1. The summed E-state index contributed by atoms with van der Waals surface area (Å²) in [6.07, 6.45) is 4.80. The summed E-state index contributed by atoms with van der Waals surface area (Å²) in [6.45, 7) is 1.96. The molecule has 1 saturated heterocycles. The van der Waals surface area contributed by atoms with E-state index in [2.05, 4.69) is 10.1 Å². The maximum atomic E-state index is 13.4. The van der Waals surface area contributed by atoms with Crippen LogP contribution >= 0.6 is 0 Å². The molecule has 1 N–H and O–H groups in total. The summed E-state index contributed by atoms with van der Waals surface area (Å²) in [5.74, 6) is -1.14. The van der Waals surface area contributed by atoms with Crippen molar-refractivity contribution in [2.75, 3.05) is 7.11 Å². The first-order chi connectivity index (χ1) is 17.5. The molecule has 1 aliphatic heterocycles. The number of ether oxygens (including phenoxy) is 1. The molecule has 8 nitrogen and oxygen atoms in total. The Labute approximate surface area is 208 Å². The van der Waals surface area contributed by atoms with Crippen LogP contribution in [0.1, 0.15) is 28.4 Å². The smallest absolute Gasteiger partial charge is 0.295 e. The van der Waals surface area contributed by atoms with Gasteiger partial charge in [0.25, 0.3) is 11.7 Å². The van der Waals surface area contributed by atoms with Crippen LogP contribution in [0.15, 0.2) is 90.9 Å². The predicted octanol–water partition coefficient (Wildman–Crippen LogP) is 4.21. The van der Waals surface area contributed by atoms with Crippen LogP contribution in [-0.2, 0) is 16.1 Å². The van der Waals surface area contributed by atoms with E-state index in [1.54, 1.807) is 55.4 Å². The Morgan fingerprint density at radius 3 is 2.56 bits per heavy atom. The molecule has 0 aliphatic carbocycles. The van der Waals surface area contributed by atoms with E-state index < -0.39 is 17.7 Å². The van der Waals surface area contributed by atoms with E-state index in [4.69, 9.17) is 4.74 Å². The third kappa shape index (κ3) is 4.02. The average Bonchev–Trinajstić information content (AvgIpc) is 3.42. The Morgan fingerprint density at radius 1 is 1.03 bits per heavy atom. The normalized spacial score (nSPS) is 16.9. The molecular formula is C28H24N4O4. The third-order valence-electron chi connectivity index (χ3n) is 6.29. The van der Waals surface area contributed by atoms with Crippen molar-refractivity contribution < 1.29 is 19.4 Å². The standard InChI is InChI=1S/C28H24N4O4/c1-18-23(16-30-32(18)21-10-4-3-5-11-21)26(33)24-25(20-9-6-12-22(14-20)36-2)31(28(35)27(24)34)17-19-8-7-13-29-15-19/h3-16,25,33H,17H2,1-2H3. The Bertz CT molecular complexity index is 1460. The fourth-order valence-corrected chi connectivity index (χ4v) is 4.51. The van der Waals surface area contributed by atoms with Crippen LogP contribution in [0.4, 0.5) is 0 Å². The van der Waals surface area contributed by atoms with Crippen LogP contribution in [-0.4, -0.2) is 43.6 Å². The number of nitrogens with zero attached hydrogens (tertiary/aromatic N) is 4. The van der Waals surface area contributed by atoms with Crippen molar-refractivity contribution in [3.63, 3.8) is 0 Å². The van der Waals surface area contributed by atoms with Crippen LogP contribution < -0.4 is 4.74 Å². The number of benzene rings is 2. The zero-order valence-electron chi connectivity index (χ0n) is 19.8. The minimum absolute atomic E-state index is 0.00727. The second kappa shape index (κ2) is 9.50. The number of hydrogen-bond donors (Lipinski definition) is 1. The number of aromatic nitrogens is 3. The molecule has 1 atom stereocenters. The molecule has 4 aromatic rings. The molecule has 3 heterocycles. The molecule has 36 heavy (non-hydrogen) atoms. The molecule has 0 saturated carbocycles. The number of hydrogen-bond acceptors (Lipinski definition) is 6. The number of likely N-dealkylation sites (tertiary alicyclic amines) is 1. The molecule has 8 heteroatoms. The Kier molecular flexibility index (Phi) is 6.08. The van der Waals surface area contributed by atoms with E-state index in [1.807, 2.05) is 42.5 Å². The lowest BCUT2D eigenvalue weighted by molar-refractivity contribution is -0.140. The fraction of sp³-hybridized carbons (Fsp3) is 0.143. The summed E-state index contributed by atoms with van der Waals surface area (Å²) < 4.78 is 7.07. The zero-order valence-corrected chi connectivity index (χ0v) is 19.8. The molecule has 1 aliphatic rings. The Morgan fingerprint density at radius 2 is 1.83 bits per heavy atom. The minimum atomic E-state index is -0.820. The summed E-state index contributed by atoms with van der Waals surface area (Å²) in [4.78, 5) is 32.2. The highest BCUT2D eigenvalue weighted by molar-refractivity contribution is 6.46. The van der Waals surface area contributed by atoms with Crippen LogP contribution in [0.5, 0.6) is 5.75 Å². The van der Waals surface area contributed by atoms with Gasteiger partial charge < -0.3 is 14.7 Å². The Hall–Kier alpha value is -4.72. The van der Waals surface area contributed by atoms with Crippen molar-refractivity contribution in [3.8, 4) is 11.4 Å². The molecule has 5 rings (SSSR count). The minimum Gasteiger partial charge on any atom is -0.507 e. The van der Waals surface area contributed by atoms with E-state index in [-0.39, 0.29) is 17.9 Å². The van der Waals surface area contributed by atoms with Gasteiger partial charge in [-0.15, -0.1) is 0 Å². The number of carbonyl (C=O) groups is 2. The van der Waals surface area contributed by atoms with Crippen molar-refractivity contribution >= 4 is 17.4 Å². The van der Waals surface area contributed by atoms with Crippen LogP contribution in [0, 0.1) is 6.92 Å². The van der Waals surface area contributed by atoms with Crippen molar-refractivity contribution in [3.05, 3.63) is 113 Å². The second-order valence-electron chi connectivity index (χ2n) is 8.46. The number of carbonyl (C=O) groups excluding carboxylic acids is 2. The molecule has 2 aromatic heterocycles. The summed E-state index contributed by atoms with van der Waals surface area (Å²) in [5.41, 5.74) is 3.25. The van der Waals surface area contributed by atoms with Crippen molar-refractivity contribution in [1.82, 2.24) is 19.7 Å². The number of ketones is 1. The molecular weight excluding hydrogens is 456 g/mol. The monoisotopic (exact) mass is 480 g/mol. The molecule has 0 spiro atoms. The molecule has 1 fully saturated rings. The molecule has 0 radical (unpaired) electrons. The van der Waals surface area contributed by atoms with E-state index >= 15 is 0 Å². The highest BCUT2D eigenvalue weighted by Gasteiger charge is 2.46. The first kappa shape index (κ1) is 23.0. The van der Waals surface area contributed by atoms with Gasteiger partial charge in [-0.3, -0.25) is 14.6 Å². The van der Waals surface area contributed by atoms with Crippen LogP contribution in [0.25, 0.3) is 11.4 Å². The number of para-hydroxylation sites is 1. The van der Waals surface area contributed by atoms with Crippen molar-refractivity contribution in [1.29, 1.82) is 0 Å². The lowest BCUT2D eigenvalue weighted by atomic mass is 9.95. The Balaban J connectivity index is 1.66. The summed E-state index contributed by atoms with van der Waals surface area (Å²) in [5, 5.41) is 15.9. The molecule has 2 aromatic carbocycles. The zero-order chi connectivity index (χ0) is 25.2. The van der Waals surface area contributed by atoms with Gasteiger partial charge in [0, 0.05) is 18.9 Å². The number of pyridine rings is 1. The third-order valence-corrected chi connectivity index (χ3v) is 6.29. The van der Waals surface area contributed by atoms with Gasteiger partial charge in [0.2, 0.25) is 0 Å². The van der Waals surface area contributed by atoms with E-state index in [0.717, 1.165) is 11.3 Å². The maximum Gasteiger partial charge on any atom is 0.295 e. The van der Waals surface area contributed by atoms with Gasteiger partial charge in [0.1, 0.15) is 11.5 Å². The predicted molar refractivity (Wildman–Crippen MR) is 133 cm³/mol. The lowest BCUT2D eigenvalue weighted by Gasteiger charge is -2.25. The van der Waals surface area contributed by atoms with Crippen LogP contribution in [0.3, 0.4) is 0 Å². The number of aliphatic hydroxyl groups is 1. The topological polar surface area (TPSA) is 97.5 Å². The van der Waals surface area contributed by atoms with Crippen LogP contribution in [0.2, 0.25) is 0 Å². The number of methoxy groups -OCH3 is 1. The van der Waals surface area contributed by atoms with Gasteiger partial charge in [-0.25, -0.2) is 4.68 Å². The van der Waals surface area contributed by atoms with Gasteiger partial charge in [0.05, 0.1) is 41.9 Å². The highest BCUT2D eigenvalue weighted by Crippen LogP contribution is 2.41. The largest absolute Gasteiger partial charge is 0.507 e. The SMILES string of the molecule is COc1cccc(C2C(=C(O)c3cnn(-c4ccccc4)c3C)C(=O)C(=O)N2Cc2cccnc2)c1. The van der Waals surface area contributed by atoms with Gasteiger partial charge in [-0.2, -0.15) is 5.10 Å². The fourth-order valence-electron chi connectivity index (χ4n) is 4.51. The molecule has 180 valence electrons. The van der Waals surface area contributed by atoms with Gasteiger partial charge in [0.15, 0.2) is 0 Å². The van der Waals surface area contributed by atoms with E-state index in [1.165, 1.54) is 11.1 Å². The van der Waals surface area contributed by atoms with Gasteiger partial charge in [-0.1, -0.05) is 36.4 Å². The molecule has 1 amide bonds. The quantitative estimate of drug-likeness (QED) is 0.252. The second-order valence-corrected chi connectivity index (χ2v) is 8.46. The van der Waals surface area contributed by atoms with Crippen molar-refractivity contribution in [2.24, 2.45) is 0 Å². The van der Waals surface area contributed by atoms with Gasteiger partial charge >= 0.3 is 0 Å². The number of aliphatic hydroxyl groups excluding tert-OH is 1. The summed E-state index contributed by atoms with van der Waals surface area (Å²) in [7, 11) is 1.55. The molecule has 1 unspecified atom stereocenters. The highest BCUT2D eigenvalue weighted by atomic mass is 16.5. The van der Waals surface area contributed by atoms with Crippen molar-refractivity contribution in [2.45, 2.75) is 19.5 Å². The first-order valence-corrected chi connectivity index (χ1v) is 11.4. The number of rotatable bonds is 6. The first-order valence-electron chi connectivity index (χ1n) is 11.4.